The predicted octanol–water partition coefficient (Wildman–Crippen LogP) is 3.94. The summed E-state index contributed by atoms with van der Waals surface area (Å²) in [6.07, 6.45) is 1.17. The predicted molar refractivity (Wildman–Crippen MR) is 143 cm³/mol. The molecule has 0 saturated heterocycles. The van der Waals surface area contributed by atoms with Gasteiger partial charge in [-0.15, -0.1) is 0 Å². The highest BCUT2D eigenvalue weighted by Crippen LogP contribution is 2.25. The topological polar surface area (TPSA) is 86.8 Å². The van der Waals surface area contributed by atoms with E-state index in [9.17, 15) is 22.4 Å². The highest BCUT2D eigenvalue weighted by atomic mass is 35.5. The highest BCUT2D eigenvalue weighted by molar-refractivity contribution is 7.92. The molecule has 0 spiro atoms. The molecule has 1 unspecified atom stereocenters. The van der Waals surface area contributed by atoms with E-state index in [-0.39, 0.29) is 29.6 Å². The first-order valence-electron chi connectivity index (χ1n) is 11.5. The van der Waals surface area contributed by atoms with Crippen molar-refractivity contribution in [1.82, 2.24) is 10.2 Å². The van der Waals surface area contributed by atoms with E-state index in [4.69, 9.17) is 11.6 Å². The van der Waals surface area contributed by atoms with Crippen LogP contribution >= 0.6 is 11.6 Å². The zero-order valence-corrected chi connectivity index (χ0v) is 22.4. The Bertz CT molecular complexity index is 1350. The number of benzene rings is 3. The van der Waals surface area contributed by atoms with Gasteiger partial charge in [0.2, 0.25) is 21.8 Å². The molecule has 0 heterocycles. The van der Waals surface area contributed by atoms with Gasteiger partial charge in [-0.1, -0.05) is 71.8 Å². The maximum Gasteiger partial charge on any atom is 0.244 e. The molecule has 196 valence electrons. The minimum absolute atomic E-state index is 0.0390. The van der Waals surface area contributed by atoms with E-state index in [1.165, 1.54) is 18.0 Å². The first-order valence-corrected chi connectivity index (χ1v) is 13.8. The third-order valence-electron chi connectivity index (χ3n) is 5.86. The molecular formula is C27H29ClFN3O4S. The molecule has 0 radical (unpaired) electrons. The number of carbonyl (C=O) groups is 2. The number of aryl methyl sites for hydroxylation is 1. The quantitative estimate of drug-likeness (QED) is 0.418. The van der Waals surface area contributed by atoms with Crippen LogP contribution in [0.2, 0.25) is 5.02 Å². The lowest BCUT2D eigenvalue weighted by atomic mass is 10.0. The average Bonchev–Trinajstić information content (AvgIpc) is 2.87. The van der Waals surface area contributed by atoms with Crippen LogP contribution in [0.5, 0.6) is 0 Å². The minimum atomic E-state index is -3.96. The first kappa shape index (κ1) is 28.1. The number of amides is 2. The maximum atomic E-state index is 13.8. The van der Waals surface area contributed by atoms with Crippen LogP contribution in [-0.2, 0) is 32.6 Å². The second-order valence-electron chi connectivity index (χ2n) is 8.70. The standard InChI is InChI=1S/C27H29ClFN3O4S/c1-19-9-11-21(12-10-19)17-31(25(27(34)30-2)15-20-7-5-4-6-8-20)26(33)18-32(37(3,35)36)22-13-14-24(29)23(28)16-22/h4-14,16,25H,15,17-18H2,1-3H3,(H,30,34). The van der Waals surface area contributed by atoms with E-state index in [0.29, 0.717) is 0 Å². The van der Waals surface area contributed by atoms with E-state index in [0.717, 1.165) is 39.4 Å². The van der Waals surface area contributed by atoms with Crippen molar-refractivity contribution in [2.75, 3.05) is 24.2 Å². The molecule has 37 heavy (non-hydrogen) atoms. The van der Waals surface area contributed by atoms with Gasteiger partial charge in [-0.05, 0) is 36.2 Å². The van der Waals surface area contributed by atoms with Gasteiger partial charge in [0, 0.05) is 20.0 Å². The van der Waals surface area contributed by atoms with Crippen LogP contribution in [0.4, 0.5) is 10.1 Å². The Morgan fingerprint density at radius 1 is 1.00 bits per heavy atom. The largest absolute Gasteiger partial charge is 0.357 e. The molecular weight excluding hydrogens is 517 g/mol. The van der Waals surface area contributed by atoms with Gasteiger partial charge in [0.25, 0.3) is 0 Å². The number of carbonyl (C=O) groups excluding carboxylic acids is 2. The summed E-state index contributed by atoms with van der Waals surface area (Å²) in [7, 11) is -2.48. The van der Waals surface area contributed by atoms with Gasteiger partial charge < -0.3 is 10.2 Å². The van der Waals surface area contributed by atoms with E-state index < -0.39 is 34.3 Å². The van der Waals surface area contributed by atoms with Gasteiger partial charge in [0.05, 0.1) is 17.0 Å². The van der Waals surface area contributed by atoms with E-state index >= 15 is 0 Å². The van der Waals surface area contributed by atoms with Crippen LogP contribution < -0.4 is 9.62 Å². The zero-order chi connectivity index (χ0) is 27.2. The van der Waals surface area contributed by atoms with Gasteiger partial charge >= 0.3 is 0 Å². The summed E-state index contributed by atoms with van der Waals surface area (Å²) in [6.45, 7) is 1.41. The number of likely N-dealkylation sites (N-methyl/N-ethyl adjacent to an activating group) is 1. The zero-order valence-electron chi connectivity index (χ0n) is 20.8. The second kappa shape index (κ2) is 12.2. The minimum Gasteiger partial charge on any atom is -0.357 e. The van der Waals surface area contributed by atoms with Crippen LogP contribution in [0.1, 0.15) is 16.7 Å². The maximum absolute atomic E-state index is 13.8. The Kier molecular flexibility index (Phi) is 9.29. The lowest BCUT2D eigenvalue weighted by Gasteiger charge is -2.33. The van der Waals surface area contributed by atoms with Gasteiger partial charge in [-0.25, -0.2) is 12.8 Å². The average molecular weight is 546 g/mol. The molecule has 0 aliphatic heterocycles. The molecule has 1 atom stereocenters. The summed E-state index contributed by atoms with van der Waals surface area (Å²) in [6, 6.07) is 19.2. The van der Waals surface area contributed by atoms with Crippen molar-refractivity contribution in [3.63, 3.8) is 0 Å². The summed E-state index contributed by atoms with van der Waals surface area (Å²) in [5.41, 5.74) is 2.68. The molecule has 1 N–H and O–H groups in total. The molecule has 2 amide bonds. The Hall–Kier alpha value is -3.43. The molecule has 3 rings (SSSR count). The fourth-order valence-electron chi connectivity index (χ4n) is 3.86. The Morgan fingerprint density at radius 2 is 1.65 bits per heavy atom. The van der Waals surface area contributed by atoms with Crippen LogP contribution in [-0.4, -0.2) is 51.0 Å². The second-order valence-corrected chi connectivity index (χ2v) is 11.0. The molecule has 0 aromatic heterocycles. The normalized spacial score (nSPS) is 12.0. The molecule has 0 saturated carbocycles. The van der Waals surface area contributed by atoms with E-state index in [1.807, 2.05) is 61.5 Å². The summed E-state index contributed by atoms with van der Waals surface area (Å²) in [5, 5.41) is 2.35. The number of rotatable bonds is 10. The fraction of sp³-hybridized carbons (Fsp3) is 0.259. The van der Waals surface area contributed by atoms with Crippen molar-refractivity contribution in [3.8, 4) is 0 Å². The molecule has 0 fully saturated rings. The lowest BCUT2D eigenvalue weighted by Crippen LogP contribution is -2.52. The van der Waals surface area contributed by atoms with Crippen LogP contribution in [0.3, 0.4) is 0 Å². The van der Waals surface area contributed by atoms with Gasteiger partial charge in [0.15, 0.2) is 0 Å². The van der Waals surface area contributed by atoms with E-state index in [2.05, 4.69) is 5.32 Å². The monoisotopic (exact) mass is 545 g/mol. The van der Waals surface area contributed by atoms with Crippen molar-refractivity contribution >= 4 is 39.1 Å². The summed E-state index contributed by atoms with van der Waals surface area (Å²) in [5.74, 6) is -1.70. The van der Waals surface area contributed by atoms with Gasteiger partial charge in [-0.3, -0.25) is 13.9 Å². The molecule has 0 aliphatic carbocycles. The number of anilines is 1. The first-order chi connectivity index (χ1) is 17.5. The van der Waals surface area contributed by atoms with Gasteiger partial charge in [-0.2, -0.15) is 0 Å². The van der Waals surface area contributed by atoms with Crippen molar-refractivity contribution in [1.29, 1.82) is 0 Å². The van der Waals surface area contributed by atoms with Crippen LogP contribution in [0, 0.1) is 12.7 Å². The third-order valence-corrected chi connectivity index (χ3v) is 7.29. The Morgan fingerprint density at radius 3 is 2.22 bits per heavy atom. The number of hydrogen-bond donors (Lipinski definition) is 1. The summed E-state index contributed by atoms with van der Waals surface area (Å²) in [4.78, 5) is 28.2. The molecule has 7 nitrogen and oxygen atoms in total. The smallest absolute Gasteiger partial charge is 0.244 e. The van der Waals surface area contributed by atoms with Gasteiger partial charge in [0.1, 0.15) is 18.4 Å². The fourth-order valence-corrected chi connectivity index (χ4v) is 4.88. The molecule has 3 aromatic rings. The number of sulfonamides is 1. The number of nitrogens with one attached hydrogen (secondary N) is 1. The highest BCUT2D eigenvalue weighted by Gasteiger charge is 2.32. The van der Waals surface area contributed by atoms with Crippen molar-refractivity contribution < 1.29 is 22.4 Å². The van der Waals surface area contributed by atoms with Crippen molar-refractivity contribution in [2.45, 2.75) is 25.9 Å². The number of halogens is 2. The number of nitrogens with zero attached hydrogens (tertiary/aromatic N) is 2. The molecule has 0 aliphatic rings. The third kappa shape index (κ3) is 7.53. The lowest BCUT2D eigenvalue weighted by molar-refractivity contribution is -0.139. The van der Waals surface area contributed by atoms with E-state index in [1.54, 1.807) is 0 Å². The number of hydrogen-bond acceptors (Lipinski definition) is 4. The molecule has 10 heteroatoms. The van der Waals surface area contributed by atoms with Crippen molar-refractivity contribution in [3.05, 3.63) is 100 Å². The molecule has 3 aromatic carbocycles. The Labute approximate surface area is 221 Å². The Balaban J connectivity index is 2.03. The summed E-state index contributed by atoms with van der Waals surface area (Å²) < 4.78 is 39.9. The molecule has 0 bridgehead atoms. The summed E-state index contributed by atoms with van der Waals surface area (Å²) >= 11 is 5.88. The van der Waals surface area contributed by atoms with Crippen LogP contribution in [0.15, 0.2) is 72.8 Å². The SMILES string of the molecule is CNC(=O)C(Cc1ccccc1)N(Cc1ccc(C)cc1)C(=O)CN(c1ccc(F)c(Cl)c1)S(C)(=O)=O. The van der Waals surface area contributed by atoms with Crippen molar-refractivity contribution in [2.24, 2.45) is 0 Å². The van der Waals surface area contributed by atoms with Crippen LogP contribution in [0.25, 0.3) is 0 Å².